The minimum atomic E-state index is -3.77. The number of halogens is 1. The Morgan fingerprint density at radius 3 is 2.41 bits per heavy atom. The lowest BCUT2D eigenvalue weighted by Crippen LogP contribution is -2.12. The first-order chi connectivity index (χ1) is 15.3. The van der Waals surface area contributed by atoms with Crippen molar-refractivity contribution in [3.63, 3.8) is 0 Å². The molecular weight excluding hydrogens is 466 g/mol. The van der Waals surface area contributed by atoms with Crippen molar-refractivity contribution >= 4 is 33.4 Å². The molecule has 9 heteroatoms. The molecule has 0 fully saturated rings. The van der Waals surface area contributed by atoms with Crippen LogP contribution in [0.3, 0.4) is 0 Å². The van der Waals surface area contributed by atoms with Crippen LogP contribution in [0, 0.1) is 0 Å². The molecule has 164 valence electrons. The summed E-state index contributed by atoms with van der Waals surface area (Å²) in [5, 5.41) is 10.7. The summed E-state index contributed by atoms with van der Waals surface area (Å²) in [4.78, 5) is 1.12. The normalized spacial score (nSPS) is 11.5. The van der Waals surface area contributed by atoms with Gasteiger partial charge < -0.3 is 4.74 Å². The number of ether oxygens (including phenoxy) is 1. The molecule has 0 spiro atoms. The minimum absolute atomic E-state index is 0.0512. The summed E-state index contributed by atoms with van der Waals surface area (Å²) >= 11 is 7.71. The maximum atomic E-state index is 11.6. The smallest absolute Gasteiger partial charge is 0.238 e. The molecule has 4 rings (SSSR count). The maximum absolute atomic E-state index is 11.6. The highest BCUT2D eigenvalue weighted by Gasteiger charge is 2.14. The Labute approximate surface area is 196 Å². The molecule has 0 unspecified atom stereocenters. The Morgan fingerprint density at radius 1 is 1.03 bits per heavy atom. The number of nitrogens with zero attached hydrogens (tertiary/aromatic N) is 2. The van der Waals surface area contributed by atoms with Crippen molar-refractivity contribution in [3.8, 4) is 22.7 Å². The van der Waals surface area contributed by atoms with Crippen molar-refractivity contribution in [3.05, 3.63) is 89.6 Å². The van der Waals surface area contributed by atoms with E-state index in [-0.39, 0.29) is 4.90 Å². The summed E-state index contributed by atoms with van der Waals surface area (Å²) in [5.74, 6) is 1.45. The fourth-order valence-electron chi connectivity index (χ4n) is 3.15. The fraction of sp³-hybridized carbons (Fsp3) is 0.0870. The van der Waals surface area contributed by atoms with E-state index in [1.54, 1.807) is 35.7 Å². The average Bonchev–Trinajstić information content (AvgIpc) is 3.22. The molecule has 2 N–H and O–H groups in total. The quantitative estimate of drug-likeness (QED) is 0.366. The molecule has 6 nitrogen and oxygen atoms in total. The molecule has 0 aliphatic heterocycles. The molecule has 0 radical (unpaired) electrons. The number of sulfonamides is 1. The van der Waals surface area contributed by atoms with E-state index < -0.39 is 10.0 Å². The largest absolute Gasteiger partial charge is 0.497 e. The summed E-state index contributed by atoms with van der Waals surface area (Å²) in [7, 11) is -2.12. The highest BCUT2D eigenvalue weighted by Crippen LogP contribution is 2.30. The summed E-state index contributed by atoms with van der Waals surface area (Å²) in [6.45, 7) is 0. The minimum Gasteiger partial charge on any atom is -0.497 e. The van der Waals surface area contributed by atoms with Crippen molar-refractivity contribution in [1.82, 2.24) is 9.78 Å². The van der Waals surface area contributed by atoms with Gasteiger partial charge in [-0.2, -0.15) is 5.10 Å². The number of thioether (sulfide) groups is 1. The summed E-state index contributed by atoms with van der Waals surface area (Å²) in [5.41, 5.74) is 3.40. The van der Waals surface area contributed by atoms with Crippen molar-refractivity contribution in [1.29, 1.82) is 0 Å². The van der Waals surface area contributed by atoms with Crippen LogP contribution in [0.4, 0.5) is 0 Å². The van der Waals surface area contributed by atoms with Crippen molar-refractivity contribution in [2.45, 2.75) is 15.5 Å². The van der Waals surface area contributed by atoms with E-state index in [1.165, 1.54) is 12.1 Å². The third-order valence-corrected chi connectivity index (χ3v) is 6.95. The first kappa shape index (κ1) is 22.4. The topological polar surface area (TPSA) is 87.2 Å². The number of rotatable bonds is 7. The predicted octanol–water partition coefficient (Wildman–Crippen LogP) is 5.14. The second-order valence-corrected chi connectivity index (χ2v) is 9.99. The Kier molecular flexibility index (Phi) is 6.57. The zero-order valence-electron chi connectivity index (χ0n) is 17.1. The summed E-state index contributed by atoms with van der Waals surface area (Å²) < 4.78 is 30.3. The zero-order chi connectivity index (χ0) is 22.7. The van der Waals surface area contributed by atoms with Crippen LogP contribution >= 0.6 is 23.4 Å². The van der Waals surface area contributed by atoms with Crippen LogP contribution in [-0.4, -0.2) is 25.3 Å². The van der Waals surface area contributed by atoms with Crippen molar-refractivity contribution in [2.75, 3.05) is 7.11 Å². The third kappa shape index (κ3) is 5.16. The van der Waals surface area contributed by atoms with Crippen LogP contribution in [0.5, 0.6) is 5.75 Å². The number of primary sulfonamides is 1. The standard InChI is InChI=1S/C23H20ClN3O3S2/c1-30-20-3-2-4-21(14-20)31-15-18-13-23(16-5-7-17(24)8-6-16)27(26-18)19-9-11-22(12-10-19)32(25,28)29/h2-14H,15H2,1H3,(H2,25,28,29). The number of methoxy groups -OCH3 is 1. The number of benzene rings is 3. The third-order valence-electron chi connectivity index (χ3n) is 4.74. The van der Waals surface area contributed by atoms with Crippen molar-refractivity contribution in [2.24, 2.45) is 5.14 Å². The highest BCUT2D eigenvalue weighted by molar-refractivity contribution is 7.98. The monoisotopic (exact) mass is 485 g/mol. The van der Waals surface area contributed by atoms with Crippen LogP contribution in [0.15, 0.2) is 88.7 Å². The van der Waals surface area contributed by atoms with Gasteiger partial charge in [-0.15, -0.1) is 11.8 Å². The molecule has 0 amide bonds. The molecule has 0 saturated heterocycles. The van der Waals surface area contributed by atoms with Crippen LogP contribution in [-0.2, 0) is 15.8 Å². The van der Waals surface area contributed by atoms with E-state index in [4.69, 9.17) is 26.6 Å². The highest BCUT2D eigenvalue weighted by atomic mass is 35.5. The Morgan fingerprint density at radius 2 is 1.75 bits per heavy atom. The van der Waals surface area contributed by atoms with E-state index in [2.05, 4.69) is 0 Å². The van der Waals surface area contributed by atoms with Crippen LogP contribution in [0.1, 0.15) is 5.69 Å². The van der Waals surface area contributed by atoms with Gasteiger partial charge in [-0.3, -0.25) is 0 Å². The summed E-state index contributed by atoms with van der Waals surface area (Å²) in [6, 6.07) is 23.7. The second-order valence-electron chi connectivity index (χ2n) is 6.95. The molecular formula is C23H20ClN3O3S2. The Hall–Kier alpha value is -2.78. The molecule has 0 bridgehead atoms. The number of hydrogen-bond acceptors (Lipinski definition) is 5. The van der Waals surface area contributed by atoms with Crippen molar-refractivity contribution < 1.29 is 13.2 Å². The molecule has 0 aliphatic rings. The van der Waals surface area contributed by atoms with E-state index in [9.17, 15) is 8.42 Å². The van der Waals surface area contributed by atoms with Gasteiger partial charge in [0, 0.05) is 21.2 Å². The van der Waals surface area contributed by atoms with Crippen LogP contribution in [0.25, 0.3) is 16.9 Å². The molecule has 0 saturated carbocycles. The zero-order valence-corrected chi connectivity index (χ0v) is 19.5. The molecule has 0 aliphatic carbocycles. The SMILES string of the molecule is COc1cccc(SCc2cc(-c3ccc(Cl)cc3)n(-c3ccc(S(N)(=O)=O)cc3)n2)c1. The summed E-state index contributed by atoms with van der Waals surface area (Å²) in [6.07, 6.45) is 0. The lowest BCUT2D eigenvalue weighted by Gasteiger charge is -2.08. The number of aromatic nitrogens is 2. The molecule has 0 atom stereocenters. The Bertz CT molecular complexity index is 1340. The van der Waals surface area contributed by atoms with E-state index in [1.807, 2.05) is 54.6 Å². The Balaban J connectivity index is 1.69. The number of nitrogens with two attached hydrogens (primary N) is 1. The molecule has 1 aromatic heterocycles. The van der Waals surface area contributed by atoms with Gasteiger partial charge in [0.25, 0.3) is 0 Å². The van der Waals surface area contributed by atoms with E-state index in [0.717, 1.165) is 33.3 Å². The maximum Gasteiger partial charge on any atom is 0.238 e. The molecule has 3 aromatic carbocycles. The fourth-order valence-corrected chi connectivity index (χ4v) is 4.62. The lowest BCUT2D eigenvalue weighted by atomic mass is 10.1. The molecule has 4 aromatic rings. The first-order valence-electron chi connectivity index (χ1n) is 9.58. The molecule has 1 heterocycles. The van der Waals surface area contributed by atoms with Gasteiger partial charge in [-0.05, 0) is 60.7 Å². The molecule has 32 heavy (non-hydrogen) atoms. The van der Waals surface area contributed by atoms with Gasteiger partial charge in [-0.25, -0.2) is 18.2 Å². The van der Waals surface area contributed by atoms with Gasteiger partial charge in [-0.1, -0.05) is 29.8 Å². The van der Waals surface area contributed by atoms with Gasteiger partial charge in [0.1, 0.15) is 5.75 Å². The van der Waals surface area contributed by atoms with E-state index in [0.29, 0.717) is 10.8 Å². The van der Waals surface area contributed by atoms with Gasteiger partial charge in [0.05, 0.1) is 29.1 Å². The average molecular weight is 486 g/mol. The lowest BCUT2D eigenvalue weighted by molar-refractivity contribution is 0.413. The second kappa shape index (κ2) is 9.38. The van der Waals surface area contributed by atoms with Crippen LogP contribution < -0.4 is 9.88 Å². The van der Waals surface area contributed by atoms with Crippen LogP contribution in [0.2, 0.25) is 5.02 Å². The van der Waals surface area contributed by atoms with E-state index >= 15 is 0 Å². The van der Waals surface area contributed by atoms with Gasteiger partial charge in [0.15, 0.2) is 0 Å². The number of hydrogen-bond donors (Lipinski definition) is 1. The first-order valence-corrected chi connectivity index (χ1v) is 12.5. The van der Waals surface area contributed by atoms with Gasteiger partial charge in [0.2, 0.25) is 10.0 Å². The predicted molar refractivity (Wildman–Crippen MR) is 128 cm³/mol. The van der Waals surface area contributed by atoms with Gasteiger partial charge >= 0.3 is 0 Å².